The third kappa shape index (κ3) is 6.04. The number of halogens is 2. The molecule has 4 N–H and O–H groups in total. The summed E-state index contributed by atoms with van der Waals surface area (Å²) in [4.78, 5) is 25.7. The van der Waals surface area contributed by atoms with Gasteiger partial charge < -0.3 is 21.1 Å². The predicted molar refractivity (Wildman–Crippen MR) is 124 cm³/mol. The number of pyridine rings is 1. The van der Waals surface area contributed by atoms with Crippen molar-refractivity contribution in [1.82, 2.24) is 15.0 Å². The Hall–Kier alpha value is -2.94. The van der Waals surface area contributed by atoms with E-state index in [1.54, 1.807) is 36.5 Å². The molecule has 3 aromatic rings. The number of hydrogen-bond acceptors (Lipinski definition) is 7. The number of aliphatic hydroxyl groups is 1. The van der Waals surface area contributed by atoms with Gasteiger partial charge in [0, 0.05) is 35.8 Å². The van der Waals surface area contributed by atoms with Gasteiger partial charge in [0.1, 0.15) is 11.6 Å². The molecule has 1 aromatic carbocycles. The number of anilines is 4. The van der Waals surface area contributed by atoms with E-state index in [0.29, 0.717) is 29.7 Å². The fourth-order valence-electron chi connectivity index (χ4n) is 2.69. The lowest BCUT2D eigenvalue weighted by molar-refractivity contribution is 0.102. The maximum atomic E-state index is 12.6. The molecule has 0 spiro atoms. The van der Waals surface area contributed by atoms with Crippen molar-refractivity contribution in [3.8, 4) is 0 Å². The molecule has 0 fully saturated rings. The molecule has 1 unspecified atom stereocenters. The number of carbonyl (C=O) groups is 1. The first kappa shape index (κ1) is 22.7. The molecule has 8 nitrogen and oxygen atoms in total. The average molecular weight is 461 g/mol. The molecule has 0 aliphatic heterocycles. The fourth-order valence-corrected chi connectivity index (χ4v) is 3.26. The highest BCUT2D eigenvalue weighted by atomic mass is 35.5. The van der Waals surface area contributed by atoms with Crippen LogP contribution in [0.15, 0.2) is 42.6 Å². The van der Waals surface area contributed by atoms with E-state index < -0.39 is 5.91 Å². The maximum Gasteiger partial charge on any atom is 0.258 e. The molecule has 10 heteroatoms. The predicted octanol–water partition coefficient (Wildman–Crippen LogP) is 4.53. The van der Waals surface area contributed by atoms with Gasteiger partial charge in [0.05, 0.1) is 22.2 Å². The topological polar surface area (TPSA) is 112 Å². The Morgan fingerprint density at radius 2 is 1.87 bits per heavy atom. The first-order valence-electron chi connectivity index (χ1n) is 9.63. The number of nitrogens with zero attached hydrogens (tertiary/aromatic N) is 3. The molecule has 0 aliphatic rings. The molecule has 1 atom stereocenters. The zero-order valence-electron chi connectivity index (χ0n) is 17.0. The van der Waals surface area contributed by atoms with E-state index >= 15 is 0 Å². The molecule has 31 heavy (non-hydrogen) atoms. The quantitative estimate of drug-likeness (QED) is 0.390. The van der Waals surface area contributed by atoms with Crippen molar-refractivity contribution in [2.24, 2.45) is 0 Å². The lowest BCUT2D eigenvalue weighted by Crippen LogP contribution is -2.21. The van der Waals surface area contributed by atoms with Crippen LogP contribution >= 0.6 is 23.2 Å². The molecular formula is C21H22Cl2N6O2. The fraction of sp³-hybridized carbons (Fsp3) is 0.238. The lowest BCUT2D eigenvalue weighted by atomic mass is 10.2. The van der Waals surface area contributed by atoms with Gasteiger partial charge in [-0.2, -0.15) is 4.98 Å². The van der Waals surface area contributed by atoms with Crippen molar-refractivity contribution < 1.29 is 9.90 Å². The van der Waals surface area contributed by atoms with Crippen LogP contribution in [0.5, 0.6) is 0 Å². The molecule has 3 rings (SSSR count). The third-order valence-corrected chi connectivity index (χ3v) is 4.88. The van der Waals surface area contributed by atoms with Crippen molar-refractivity contribution in [3.63, 3.8) is 0 Å². The Kier molecular flexibility index (Phi) is 7.62. The highest BCUT2D eigenvalue weighted by Gasteiger charge is 2.15. The number of nitrogens with one attached hydrogen (secondary N) is 3. The van der Waals surface area contributed by atoms with Gasteiger partial charge in [0.15, 0.2) is 0 Å². The van der Waals surface area contributed by atoms with Crippen molar-refractivity contribution in [1.29, 1.82) is 0 Å². The zero-order chi connectivity index (χ0) is 22.4. The molecule has 0 saturated heterocycles. The molecule has 162 valence electrons. The second kappa shape index (κ2) is 10.4. The molecular weight excluding hydrogens is 439 g/mol. The number of aryl methyl sites for hydroxylation is 1. The van der Waals surface area contributed by atoms with Crippen molar-refractivity contribution in [3.05, 3.63) is 63.9 Å². The average Bonchev–Trinajstić information content (AvgIpc) is 2.73. The number of amides is 1. The second-order valence-corrected chi connectivity index (χ2v) is 7.57. The van der Waals surface area contributed by atoms with Crippen LogP contribution in [0.3, 0.4) is 0 Å². The Morgan fingerprint density at radius 1 is 1.13 bits per heavy atom. The minimum Gasteiger partial charge on any atom is -0.394 e. The largest absolute Gasteiger partial charge is 0.394 e. The van der Waals surface area contributed by atoms with E-state index in [1.165, 1.54) is 0 Å². The van der Waals surface area contributed by atoms with Gasteiger partial charge in [-0.05, 0) is 31.5 Å². The van der Waals surface area contributed by atoms with Crippen molar-refractivity contribution in [2.75, 3.05) is 22.6 Å². The smallest absolute Gasteiger partial charge is 0.258 e. The molecule has 0 radical (unpaired) electrons. The van der Waals surface area contributed by atoms with Gasteiger partial charge in [0.25, 0.3) is 5.91 Å². The number of aromatic nitrogens is 3. The summed E-state index contributed by atoms with van der Waals surface area (Å²) in [5.41, 5.74) is 1.53. The van der Waals surface area contributed by atoms with Gasteiger partial charge in [-0.3, -0.25) is 4.79 Å². The van der Waals surface area contributed by atoms with Gasteiger partial charge in [-0.15, -0.1) is 0 Å². The van der Waals surface area contributed by atoms with E-state index in [4.69, 9.17) is 23.2 Å². The molecule has 0 aliphatic carbocycles. The summed E-state index contributed by atoms with van der Waals surface area (Å²) in [5, 5.41) is 18.7. The number of benzene rings is 1. The van der Waals surface area contributed by atoms with Crippen LogP contribution in [-0.4, -0.2) is 38.6 Å². The minimum absolute atomic E-state index is 0.0405. The zero-order valence-corrected chi connectivity index (χ0v) is 18.5. The second-order valence-electron chi connectivity index (χ2n) is 6.76. The summed E-state index contributed by atoms with van der Waals surface area (Å²) in [7, 11) is 0. The SMILES string of the molecule is CCc1cc(Nc2cc(NC(=O)c3c(Cl)cccc3Cl)ccn2)nc(NC(C)CO)n1. The first-order valence-corrected chi connectivity index (χ1v) is 10.4. The van der Waals surface area contributed by atoms with Crippen LogP contribution in [0.1, 0.15) is 29.9 Å². The Bertz CT molecular complexity index is 1060. The summed E-state index contributed by atoms with van der Waals surface area (Å²) in [6, 6.07) is 9.82. The lowest BCUT2D eigenvalue weighted by Gasteiger charge is -2.14. The molecule has 0 saturated carbocycles. The van der Waals surface area contributed by atoms with Crippen LogP contribution in [-0.2, 0) is 6.42 Å². The first-order chi connectivity index (χ1) is 14.9. The van der Waals surface area contributed by atoms with Gasteiger partial charge in [-0.25, -0.2) is 9.97 Å². The number of aliphatic hydroxyl groups excluding tert-OH is 1. The maximum absolute atomic E-state index is 12.6. The molecule has 1 amide bonds. The van der Waals surface area contributed by atoms with Crippen LogP contribution in [0.2, 0.25) is 10.0 Å². The van der Waals surface area contributed by atoms with Gasteiger partial charge >= 0.3 is 0 Å². The van der Waals surface area contributed by atoms with E-state index in [0.717, 1.165) is 5.69 Å². The Labute approximate surface area is 190 Å². The van der Waals surface area contributed by atoms with Crippen LogP contribution < -0.4 is 16.0 Å². The molecule has 0 bridgehead atoms. The Morgan fingerprint density at radius 3 is 2.55 bits per heavy atom. The summed E-state index contributed by atoms with van der Waals surface area (Å²) in [6.45, 7) is 3.77. The number of carbonyl (C=O) groups excluding carboxylic acids is 1. The third-order valence-electron chi connectivity index (χ3n) is 4.25. The van der Waals surface area contributed by atoms with E-state index in [-0.39, 0.29) is 28.3 Å². The standard InChI is InChI=1S/C21H22Cl2N6O2/c1-3-13-9-18(29-21(27-13)25-12(2)11-30)28-17-10-14(7-8-24-17)26-20(31)19-15(22)5-4-6-16(19)23/h4-10,12,30H,3,11H2,1-2H3,(H3,24,25,26,27,28,29,31). The highest BCUT2D eigenvalue weighted by Crippen LogP contribution is 2.26. The Balaban J connectivity index is 1.79. The molecule has 2 heterocycles. The van der Waals surface area contributed by atoms with Crippen molar-refractivity contribution >= 4 is 52.4 Å². The monoisotopic (exact) mass is 460 g/mol. The van der Waals surface area contributed by atoms with Crippen LogP contribution in [0.25, 0.3) is 0 Å². The van der Waals surface area contributed by atoms with E-state index in [1.807, 2.05) is 19.9 Å². The summed E-state index contributed by atoms with van der Waals surface area (Å²) in [6.07, 6.45) is 2.27. The normalized spacial score (nSPS) is 11.6. The summed E-state index contributed by atoms with van der Waals surface area (Å²) in [5.74, 6) is 0.989. The van der Waals surface area contributed by atoms with Crippen molar-refractivity contribution in [2.45, 2.75) is 26.3 Å². The van der Waals surface area contributed by atoms with Crippen LogP contribution in [0.4, 0.5) is 23.3 Å². The van der Waals surface area contributed by atoms with Gasteiger partial charge in [0.2, 0.25) is 5.95 Å². The summed E-state index contributed by atoms with van der Waals surface area (Å²) < 4.78 is 0. The number of hydrogen-bond donors (Lipinski definition) is 4. The summed E-state index contributed by atoms with van der Waals surface area (Å²) >= 11 is 12.2. The minimum atomic E-state index is -0.424. The van der Waals surface area contributed by atoms with Crippen LogP contribution in [0, 0.1) is 0 Å². The van der Waals surface area contributed by atoms with Gasteiger partial charge in [-0.1, -0.05) is 36.2 Å². The highest BCUT2D eigenvalue weighted by molar-refractivity contribution is 6.40. The van der Waals surface area contributed by atoms with E-state index in [9.17, 15) is 9.90 Å². The van der Waals surface area contributed by atoms with E-state index in [2.05, 4.69) is 30.9 Å². The molecule has 2 aromatic heterocycles. The number of rotatable bonds is 8.